The summed E-state index contributed by atoms with van der Waals surface area (Å²) in [5, 5.41) is 22.8. The van der Waals surface area contributed by atoms with Crippen LogP contribution in [0.4, 0.5) is 4.79 Å². The lowest BCUT2D eigenvalue weighted by Crippen LogP contribution is -2.56. The number of carbonyl (C=O) groups excluding carboxylic acids is 1. The Kier molecular flexibility index (Phi) is 16.8. The third kappa shape index (κ3) is 11.3. The van der Waals surface area contributed by atoms with Crippen molar-refractivity contribution < 1.29 is 37.9 Å². The summed E-state index contributed by atoms with van der Waals surface area (Å²) >= 11 is 0. The quantitative estimate of drug-likeness (QED) is 0.0301. The molecule has 0 saturated carbocycles. The fraction of sp³-hybridized carbons (Fsp3) is 0.417. The number of hydrogen-bond donors (Lipinski definition) is 2. The number of nitrogens with zero attached hydrogens (tertiary/aromatic N) is 3. The molecular weight excluding hydrogens is 792 g/mol. The Labute approximate surface area is 362 Å². The molecule has 1 fully saturated rings. The summed E-state index contributed by atoms with van der Waals surface area (Å²) in [5.41, 5.74) is 0.352. The number of aliphatic hydroxyl groups excluding tert-OH is 1. The Morgan fingerprint density at radius 1 is 0.984 bits per heavy atom. The van der Waals surface area contributed by atoms with Gasteiger partial charge in [0, 0.05) is 37.5 Å². The van der Waals surface area contributed by atoms with Crippen molar-refractivity contribution in [1.29, 1.82) is 5.26 Å². The number of nitrogens with one attached hydrogen (secondary N) is 1. The average molecular weight is 849 g/mol. The molecule has 13 heteroatoms. The molecule has 5 rings (SSSR count). The number of methoxy groups -OCH3 is 2. The van der Waals surface area contributed by atoms with E-state index in [-0.39, 0.29) is 25.1 Å². The number of aliphatic hydroxyl groups is 1. The predicted molar refractivity (Wildman–Crippen MR) is 235 cm³/mol. The van der Waals surface area contributed by atoms with Crippen LogP contribution < -0.4 is 14.8 Å². The molecule has 0 radical (unpaired) electrons. The monoisotopic (exact) mass is 848 g/mol. The Morgan fingerprint density at radius 2 is 1.57 bits per heavy atom. The second kappa shape index (κ2) is 22.0. The summed E-state index contributed by atoms with van der Waals surface area (Å²) in [6.45, 7) is 10.00. The summed E-state index contributed by atoms with van der Waals surface area (Å²) in [7, 11) is 1.44. The average Bonchev–Trinajstić information content (AvgIpc) is 3.58. The van der Waals surface area contributed by atoms with Crippen LogP contribution in [0.3, 0.4) is 0 Å². The predicted octanol–water partition coefficient (Wildman–Crippen LogP) is 8.73. The smallest absolute Gasteiger partial charge is 0.326 e. The molecule has 3 aromatic rings. The number of hydrogen-bond acceptors (Lipinski definition) is 10. The number of amides is 2. The number of carbonyl (C=O) groups is 1. The van der Waals surface area contributed by atoms with Crippen LogP contribution in [0.2, 0.25) is 0 Å². The van der Waals surface area contributed by atoms with Gasteiger partial charge < -0.3 is 38.4 Å². The molecule has 4 unspecified atom stereocenters. The van der Waals surface area contributed by atoms with Crippen molar-refractivity contribution in [1.82, 2.24) is 14.9 Å². The topological polar surface area (TPSA) is 135 Å². The molecule has 0 spiro atoms. The molecule has 2 amide bonds. The summed E-state index contributed by atoms with van der Waals surface area (Å²) < 4.78 is 40.7. The molecule has 0 aromatic heterocycles. The molecule has 5 atom stereocenters. The highest BCUT2D eigenvalue weighted by Gasteiger charge is 2.53. The fourth-order valence-electron chi connectivity index (χ4n) is 7.56. The van der Waals surface area contributed by atoms with Crippen molar-refractivity contribution in [2.45, 2.75) is 109 Å². The number of urea groups is 1. The zero-order chi connectivity index (χ0) is 44.0. The molecule has 0 aliphatic carbocycles. The van der Waals surface area contributed by atoms with E-state index in [1.165, 1.54) is 17.2 Å². The van der Waals surface area contributed by atoms with Crippen molar-refractivity contribution in [3.8, 4) is 41.8 Å². The number of allylic oxidation sites excluding steroid dienone is 1. The summed E-state index contributed by atoms with van der Waals surface area (Å²) in [5.74, 6) is 10.2. The van der Waals surface area contributed by atoms with E-state index in [0.717, 1.165) is 29.5 Å². The first-order valence-electron chi connectivity index (χ1n) is 20.5. The van der Waals surface area contributed by atoms with E-state index < -0.39 is 44.3 Å². The minimum absolute atomic E-state index is 0.00544. The Balaban J connectivity index is 1.61. The molecule has 2 aliphatic heterocycles. The van der Waals surface area contributed by atoms with Crippen molar-refractivity contribution in [3.05, 3.63) is 120 Å². The van der Waals surface area contributed by atoms with Crippen LogP contribution in [-0.4, -0.2) is 77.8 Å². The Bertz CT molecular complexity index is 2050. The first-order chi connectivity index (χ1) is 29.4. The summed E-state index contributed by atoms with van der Waals surface area (Å²) in [6, 6.07) is 26.9. The number of unbranched alkanes of at least 4 members (excludes halogenated alkanes) is 3. The second-order valence-electron chi connectivity index (χ2n) is 15.4. The standard InChI is InChI=1S/C48H57N4O8P/c1-9-10-11-12-13-15-19-37-33-51(46(54)50-45(37)53)47(6)32-43(60-61(58-31-18-30-49)52(35(2)3)36(4)5)44(59-47)34-57-48(38-20-16-14-17-21-38,39-22-26-41(55-7)27-23-39)40-24-28-42(56-8)29-25-40/h1,14,16-18,20-29,31,33,35-36,43-45,53H,10-13,32,34H2,2-8H3,(H,50,54)/b31-18+/t43?,44-,45?,47?,61?/m1/s1. The van der Waals surface area contributed by atoms with E-state index in [0.29, 0.717) is 29.9 Å². The molecule has 1 saturated heterocycles. The SMILES string of the molecule is C#CCCCCC#CC1=CN(C2(C)CC(OP(O/C=C/C#N)N(C(C)C)C(C)C)[C@@H](COC(c3ccccc3)(c3ccc(OC)cc3)c3ccc(OC)cc3)O2)C(=O)NC1O. The minimum Gasteiger partial charge on any atom is -0.497 e. The zero-order valence-electron chi connectivity index (χ0n) is 36.0. The van der Waals surface area contributed by atoms with Gasteiger partial charge in [-0.1, -0.05) is 66.4 Å². The molecule has 2 N–H and O–H groups in total. The van der Waals surface area contributed by atoms with Crippen LogP contribution in [-0.2, 0) is 24.1 Å². The lowest BCUT2D eigenvalue weighted by molar-refractivity contribution is -0.137. The van der Waals surface area contributed by atoms with Crippen molar-refractivity contribution in [2.75, 3.05) is 20.8 Å². The second-order valence-corrected chi connectivity index (χ2v) is 16.7. The van der Waals surface area contributed by atoms with E-state index in [9.17, 15) is 15.2 Å². The summed E-state index contributed by atoms with van der Waals surface area (Å²) in [6.07, 6.45) is 9.87. The van der Waals surface area contributed by atoms with Gasteiger partial charge in [0.2, 0.25) is 0 Å². The molecule has 2 aliphatic rings. The lowest BCUT2D eigenvalue weighted by atomic mass is 9.80. The fourth-order valence-corrected chi connectivity index (χ4v) is 9.19. The molecule has 3 aromatic carbocycles. The number of terminal acetylenes is 1. The van der Waals surface area contributed by atoms with Gasteiger partial charge in [0.15, 0.2) is 6.23 Å². The first-order valence-corrected chi connectivity index (χ1v) is 21.6. The first kappa shape index (κ1) is 46.7. The van der Waals surface area contributed by atoms with Gasteiger partial charge in [-0.15, -0.1) is 12.3 Å². The largest absolute Gasteiger partial charge is 0.497 e. The van der Waals surface area contributed by atoms with Crippen molar-refractivity contribution in [2.24, 2.45) is 0 Å². The maximum atomic E-state index is 13.8. The van der Waals surface area contributed by atoms with E-state index in [2.05, 4.69) is 55.4 Å². The Hall–Kier alpha value is -5.35. The highest BCUT2D eigenvalue weighted by molar-refractivity contribution is 7.44. The van der Waals surface area contributed by atoms with E-state index in [4.69, 9.17) is 34.4 Å². The number of ether oxygens (including phenoxy) is 4. The molecule has 12 nitrogen and oxygen atoms in total. The van der Waals surface area contributed by atoms with Crippen LogP contribution in [0.5, 0.6) is 11.5 Å². The van der Waals surface area contributed by atoms with Crippen molar-refractivity contribution >= 4 is 14.6 Å². The van der Waals surface area contributed by atoms with Crippen LogP contribution in [0.15, 0.2) is 103 Å². The van der Waals surface area contributed by atoms with Crippen molar-refractivity contribution in [3.63, 3.8) is 0 Å². The maximum Gasteiger partial charge on any atom is 0.326 e. The van der Waals surface area contributed by atoms with Crippen LogP contribution >= 0.6 is 8.53 Å². The summed E-state index contributed by atoms with van der Waals surface area (Å²) in [4.78, 5) is 15.2. The van der Waals surface area contributed by atoms with Gasteiger partial charge in [0.1, 0.15) is 35.2 Å². The van der Waals surface area contributed by atoms with Gasteiger partial charge in [-0.05, 0) is 88.4 Å². The van der Waals surface area contributed by atoms with Gasteiger partial charge >= 0.3 is 14.6 Å². The number of nitriles is 1. The number of benzene rings is 3. The van der Waals surface area contributed by atoms with Gasteiger partial charge in [-0.25, -0.2) is 9.46 Å². The van der Waals surface area contributed by atoms with E-state index >= 15 is 0 Å². The van der Waals surface area contributed by atoms with Gasteiger partial charge in [0.25, 0.3) is 0 Å². The highest BCUT2D eigenvalue weighted by atomic mass is 31.2. The Morgan fingerprint density at radius 3 is 2.13 bits per heavy atom. The third-order valence-electron chi connectivity index (χ3n) is 10.5. The van der Waals surface area contributed by atoms with E-state index in [1.54, 1.807) is 27.3 Å². The van der Waals surface area contributed by atoms with Crippen LogP contribution in [0.1, 0.15) is 83.4 Å². The molecular formula is C48H57N4O8P. The zero-order valence-corrected chi connectivity index (χ0v) is 36.9. The van der Waals surface area contributed by atoms with Gasteiger partial charge in [0.05, 0.1) is 44.6 Å². The van der Waals surface area contributed by atoms with Gasteiger partial charge in [-0.3, -0.25) is 4.90 Å². The molecule has 61 heavy (non-hydrogen) atoms. The van der Waals surface area contributed by atoms with E-state index in [1.807, 2.05) is 84.9 Å². The molecule has 322 valence electrons. The number of rotatable bonds is 19. The lowest BCUT2D eigenvalue weighted by Gasteiger charge is -2.39. The molecule has 0 bridgehead atoms. The maximum absolute atomic E-state index is 13.8. The minimum atomic E-state index is -1.81. The normalized spacial score (nSPS) is 20.7. The van der Waals surface area contributed by atoms with Crippen LogP contribution in [0.25, 0.3) is 0 Å². The third-order valence-corrected chi connectivity index (χ3v) is 12.5. The highest BCUT2D eigenvalue weighted by Crippen LogP contribution is 2.52. The molecule has 2 heterocycles. The van der Waals surface area contributed by atoms with Crippen LogP contribution in [0, 0.1) is 35.5 Å². The van der Waals surface area contributed by atoms with Gasteiger partial charge in [-0.2, -0.15) is 5.26 Å².